The molecular formula is C25H26N4O5S. The summed E-state index contributed by atoms with van der Waals surface area (Å²) in [6.45, 7) is 5.49. The van der Waals surface area contributed by atoms with Crippen LogP contribution in [-0.4, -0.2) is 25.9 Å². The van der Waals surface area contributed by atoms with E-state index in [1.54, 1.807) is 43.3 Å². The molecule has 2 amide bonds. The number of nitrogens with one attached hydrogen (secondary N) is 3. The van der Waals surface area contributed by atoms with Crippen LogP contribution >= 0.6 is 0 Å². The van der Waals surface area contributed by atoms with Gasteiger partial charge in [0.25, 0.3) is 15.9 Å². The summed E-state index contributed by atoms with van der Waals surface area (Å²) in [6.07, 6.45) is 1.80. The van der Waals surface area contributed by atoms with Crippen molar-refractivity contribution in [2.24, 2.45) is 5.10 Å². The Morgan fingerprint density at radius 2 is 1.46 bits per heavy atom. The van der Waals surface area contributed by atoms with Gasteiger partial charge in [0.15, 0.2) is 5.76 Å². The predicted octanol–water partition coefficient (Wildman–Crippen LogP) is 3.30. The van der Waals surface area contributed by atoms with Crippen LogP contribution in [0, 0.1) is 20.8 Å². The Hall–Kier alpha value is -3.92. The van der Waals surface area contributed by atoms with E-state index in [1.807, 2.05) is 13.8 Å². The van der Waals surface area contributed by atoms with Crippen molar-refractivity contribution >= 4 is 27.5 Å². The summed E-state index contributed by atoms with van der Waals surface area (Å²) in [7, 11) is -3.84. The first-order chi connectivity index (χ1) is 16.7. The molecule has 0 spiro atoms. The van der Waals surface area contributed by atoms with Gasteiger partial charge in [0.05, 0.1) is 10.6 Å². The quantitative estimate of drug-likeness (QED) is 0.469. The minimum Gasteiger partial charge on any atom is -0.455 e. The summed E-state index contributed by atoms with van der Waals surface area (Å²) in [4.78, 5) is 27.4. The molecule has 0 radical (unpaired) electrons. The van der Waals surface area contributed by atoms with E-state index in [0.29, 0.717) is 47.4 Å². The van der Waals surface area contributed by atoms with Crippen LogP contribution in [0.2, 0.25) is 0 Å². The van der Waals surface area contributed by atoms with E-state index in [0.717, 1.165) is 11.1 Å². The van der Waals surface area contributed by atoms with Gasteiger partial charge >= 0.3 is 5.91 Å². The van der Waals surface area contributed by atoms with Gasteiger partial charge in [-0.2, -0.15) is 18.4 Å². The maximum absolute atomic E-state index is 12.7. The van der Waals surface area contributed by atoms with E-state index in [-0.39, 0.29) is 10.7 Å². The third kappa shape index (κ3) is 5.27. The van der Waals surface area contributed by atoms with Crippen molar-refractivity contribution in [2.75, 3.05) is 0 Å². The molecule has 0 fully saturated rings. The van der Waals surface area contributed by atoms with Gasteiger partial charge in [0, 0.05) is 23.1 Å². The van der Waals surface area contributed by atoms with E-state index >= 15 is 0 Å². The van der Waals surface area contributed by atoms with Crippen molar-refractivity contribution < 1.29 is 22.4 Å². The number of carbonyl (C=O) groups excluding carboxylic acids is 2. The number of hydrogen-bond acceptors (Lipinski definition) is 6. The van der Waals surface area contributed by atoms with Crippen LogP contribution in [0.1, 0.15) is 61.8 Å². The Morgan fingerprint density at radius 1 is 0.857 bits per heavy atom. The zero-order valence-corrected chi connectivity index (χ0v) is 20.5. The van der Waals surface area contributed by atoms with Gasteiger partial charge in [-0.3, -0.25) is 20.4 Å². The highest BCUT2D eigenvalue weighted by Gasteiger charge is 2.28. The molecule has 1 heterocycles. The van der Waals surface area contributed by atoms with Gasteiger partial charge in [-0.05, 0) is 57.9 Å². The topological polar surface area (TPSA) is 130 Å². The summed E-state index contributed by atoms with van der Waals surface area (Å²) in [6, 6.07) is 13.4. The summed E-state index contributed by atoms with van der Waals surface area (Å²) in [5.74, 6) is -0.482. The Labute approximate surface area is 203 Å². The molecule has 0 bridgehead atoms. The van der Waals surface area contributed by atoms with Crippen molar-refractivity contribution in [1.82, 2.24) is 15.7 Å². The molecule has 0 saturated carbocycles. The normalized spacial score (nSPS) is 14.3. The summed E-state index contributed by atoms with van der Waals surface area (Å²) >= 11 is 0. The number of hydrazone groups is 1. The van der Waals surface area contributed by atoms with Crippen molar-refractivity contribution in [3.8, 4) is 0 Å². The fourth-order valence-corrected chi connectivity index (χ4v) is 4.66. The number of rotatable bonds is 5. The lowest BCUT2D eigenvalue weighted by Gasteiger charge is -2.14. The molecule has 35 heavy (non-hydrogen) atoms. The Balaban J connectivity index is 1.50. The number of aryl methyl sites for hydroxylation is 3. The van der Waals surface area contributed by atoms with Gasteiger partial charge in [0.2, 0.25) is 0 Å². The van der Waals surface area contributed by atoms with Crippen LogP contribution in [0.25, 0.3) is 0 Å². The maximum atomic E-state index is 12.7. The number of hydrazine groups is 1. The molecule has 3 N–H and O–H groups in total. The number of carbonyl (C=O) groups is 2. The minimum absolute atomic E-state index is 0.0372. The zero-order chi connectivity index (χ0) is 25.2. The number of hydrogen-bond donors (Lipinski definition) is 3. The van der Waals surface area contributed by atoms with Crippen molar-refractivity contribution in [3.63, 3.8) is 0 Å². The molecule has 0 unspecified atom stereocenters. The third-order valence-electron chi connectivity index (χ3n) is 5.77. The second-order valence-corrected chi connectivity index (χ2v) is 10.1. The number of fused-ring (bicyclic) bond motifs is 1. The molecule has 4 rings (SSSR count). The van der Waals surface area contributed by atoms with Crippen LogP contribution in [0.4, 0.5) is 0 Å². The van der Waals surface area contributed by atoms with Crippen LogP contribution in [0.5, 0.6) is 0 Å². The maximum Gasteiger partial charge on any atom is 0.305 e. The standard InChI is InChI=1S/C25H26N4O5S/c1-15-7-11-18(12-8-15)24(30)27-28-25(31)23-17(3)22-20(5-4-6-21(22)34-23)26-29-35(32,33)19-13-9-16(2)10-14-19/h7-14,29H,4-6H2,1-3H3,(H,27,30)(H,28,31)/b26-20+. The van der Waals surface area contributed by atoms with Crippen LogP contribution in [0.3, 0.4) is 0 Å². The van der Waals surface area contributed by atoms with E-state index in [4.69, 9.17) is 4.42 Å². The third-order valence-corrected chi connectivity index (χ3v) is 6.99. The fraction of sp³-hybridized carbons (Fsp3) is 0.240. The minimum atomic E-state index is -3.84. The lowest BCUT2D eigenvalue weighted by Crippen LogP contribution is -2.41. The second-order valence-electron chi connectivity index (χ2n) is 8.45. The first-order valence-electron chi connectivity index (χ1n) is 11.1. The van der Waals surface area contributed by atoms with Crippen molar-refractivity contribution in [3.05, 3.63) is 87.9 Å². The Morgan fingerprint density at radius 3 is 2.11 bits per heavy atom. The van der Waals surface area contributed by atoms with Gasteiger partial charge < -0.3 is 4.42 Å². The molecule has 10 heteroatoms. The molecule has 0 saturated heterocycles. The molecule has 1 aliphatic carbocycles. The molecule has 1 aliphatic rings. The summed E-state index contributed by atoms with van der Waals surface area (Å²) in [5, 5.41) is 4.17. The molecule has 3 aromatic rings. The molecule has 0 atom stereocenters. The fourth-order valence-electron chi connectivity index (χ4n) is 3.83. The Bertz CT molecular complexity index is 1410. The number of amides is 2. The van der Waals surface area contributed by atoms with Crippen LogP contribution < -0.4 is 15.7 Å². The van der Waals surface area contributed by atoms with Crippen LogP contribution in [-0.2, 0) is 16.4 Å². The average Bonchev–Trinajstić information content (AvgIpc) is 3.19. The highest BCUT2D eigenvalue weighted by atomic mass is 32.2. The van der Waals surface area contributed by atoms with E-state index in [1.165, 1.54) is 12.1 Å². The average molecular weight is 495 g/mol. The van der Waals surface area contributed by atoms with Gasteiger partial charge in [-0.15, -0.1) is 0 Å². The lowest BCUT2D eigenvalue weighted by atomic mass is 9.93. The van der Waals surface area contributed by atoms with Crippen molar-refractivity contribution in [1.29, 1.82) is 0 Å². The first-order valence-corrected chi connectivity index (χ1v) is 12.6. The predicted molar refractivity (Wildman–Crippen MR) is 131 cm³/mol. The van der Waals surface area contributed by atoms with Gasteiger partial charge in [-0.25, -0.2) is 0 Å². The molecule has 1 aromatic heterocycles. The van der Waals surface area contributed by atoms with E-state index in [2.05, 4.69) is 20.8 Å². The van der Waals surface area contributed by atoms with Crippen LogP contribution in [0.15, 0.2) is 62.9 Å². The van der Waals surface area contributed by atoms with E-state index in [9.17, 15) is 18.0 Å². The first kappa shape index (κ1) is 24.2. The van der Waals surface area contributed by atoms with E-state index < -0.39 is 21.8 Å². The second kappa shape index (κ2) is 9.75. The lowest BCUT2D eigenvalue weighted by molar-refractivity contribution is 0.0829. The van der Waals surface area contributed by atoms with Gasteiger partial charge in [-0.1, -0.05) is 35.4 Å². The monoisotopic (exact) mass is 494 g/mol. The molecule has 182 valence electrons. The Kier molecular flexibility index (Phi) is 6.74. The highest BCUT2D eigenvalue weighted by Crippen LogP contribution is 2.30. The number of furan rings is 1. The van der Waals surface area contributed by atoms with Crippen molar-refractivity contribution in [2.45, 2.75) is 44.9 Å². The highest BCUT2D eigenvalue weighted by molar-refractivity contribution is 7.89. The molecule has 2 aromatic carbocycles. The molecular weight excluding hydrogens is 468 g/mol. The smallest absolute Gasteiger partial charge is 0.305 e. The largest absolute Gasteiger partial charge is 0.455 e. The number of benzene rings is 2. The SMILES string of the molecule is Cc1ccc(C(=O)NNC(=O)c2oc3c(c2C)/C(=N/NS(=O)(=O)c2ccc(C)cc2)CCC3)cc1. The summed E-state index contributed by atoms with van der Waals surface area (Å²) < 4.78 is 31.1. The molecule has 9 nitrogen and oxygen atoms in total. The number of nitrogens with zero attached hydrogens (tertiary/aromatic N) is 1. The number of sulfonamides is 1. The zero-order valence-electron chi connectivity index (χ0n) is 19.6. The van der Waals surface area contributed by atoms with Gasteiger partial charge in [0.1, 0.15) is 5.76 Å². The molecule has 0 aliphatic heterocycles. The summed E-state index contributed by atoms with van der Waals surface area (Å²) in [5.41, 5.74) is 8.75.